The van der Waals surface area contributed by atoms with E-state index in [0.717, 1.165) is 0 Å². The monoisotopic (exact) mass is 338 g/mol. The molecule has 0 spiro atoms. The minimum Gasteiger partial charge on any atom is -0.338 e. The third-order valence-electron chi connectivity index (χ3n) is 2.75. The molecule has 1 amide bonds. The van der Waals surface area contributed by atoms with Crippen molar-refractivity contribution in [3.63, 3.8) is 0 Å². The lowest BCUT2D eigenvalue weighted by Crippen LogP contribution is -2.49. The van der Waals surface area contributed by atoms with Gasteiger partial charge < -0.3 is 10.1 Å². The fourth-order valence-corrected chi connectivity index (χ4v) is 1.88. The molecule has 10 heteroatoms. The Labute approximate surface area is 127 Å². The molecule has 6 nitrogen and oxygen atoms in total. The van der Waals surface area contributed by atoms with Crippen molar-refractivity contribution in [2.24, 2.45) is 0 Å². The van der Waals surface area contributed by atoms with Crippen LogP contribution in [0, 0.1) is 10.1 Å². The summed E-state index contributed by atoms with van der Waals surface area (Å²) in [5.74, 6) is -3.66. The molecular formula is C12H10ClF3N2O4. The summed E-state index contributed by atoms with van der Waals surface area (Å²) in [5, 5.41) is 12.4. The van der Waals surface area contributed by atoms with Gasteiger partial charge in [0.05, 0.1) is 5.92 Å². The normalized spacial score (nSPS) is 14.0. The molecule has 0 saturated carbocycles. The second kappa shape index (κ2) is 7.21. The quantitative estimate of drug-likeness (QED) is 0.487. The van der Waals surface area contributed by atoms with Gasteiger partial charge in [-0.05, 0) is 17.7 Å². The zero-order valence-corrected chi connectivity index (χ0v) is 11.6. The number of benzene rings is 1. The second-order valence-corrected chi connectivity index (χ2v) is 4.74. The van der Waals surface area contributed by atoms with Crippen molar-refractivity contribution in [2.45, 2.75) is 18.1 Å². The van der Waals surface area contributed by atoms with Crippen LogP contribution in [-0.4, -0.2) is 35.9 Å². The topological polar surface area (TPSA) is 89.3 Å². The number of carbonyl (C=O) groups excluding carboxylic acids is 2. The number of amides is 1. The fourth-order valence-electron chi connectivity index (χ4n) is 1.75. The molecule has 0 radical (unpaired) electrons. The molecule has 0 aliphatic heterocycles. The van der Waals surface area contributed by atoms with Gasteiger partial charge in [-0.15, -0.1) is 0 Å². The average molecular weight is 339 g/mol. The molecule has 0 aromatic heterocycles. The maximum Gasteiger partial charge on any atom is 0.471 e. The van der Waals surface area contributed by atoms with Crippen molar-refractivity contribution >= 4 is 23.8 Å². The van der Waals surface area contributed by atoms with Crippen molar-refractivity contribution < 1.29 is 27.7 Å². The predicted octanol–water partition coefficient (Wildman–Crippen LogP) is 1.95. The predicted molar refractivity (Wildman–Crippen MR) is 70.1 cm³/mol. The van der Waals surface area contributed by atoms with Crippen LogP contribution in [0.2, 0.25) is 5.02 Å². The van der Waals surface area contributed by atoms with Crippen LogP contribution in [-0.2, 0) is 9.59 Å². The van der Waals surface area contributed by atoms with Crippen LogP contribution < -0.4 is 5.32 Å². The Balaban J connectivity index is 3.06. The van der Waals surface area contributed by atoms with E-state index in [9.17, 15) is 32.9 Å². The molecular weight excluding hydrogens is 329 g/mol. The Bertz CT molecular complexity index is 562. The number of hydrogen-bond donors (Lipinski definition) is 1. The number of rotatable bonds is 6. The first-order chi connectivity index (χ1) is 10.1. The first-order valence-corrected chi connectivity index (χ1v) is 6.23. The number of nitrogens with zero attached hydrogens (tertiary/aromatic N) is 1. The highest BCUT2D eigenvalue weighted by Gasteiger charge is 2.42. The van der Waals surface area contributed by atoms with E-state index in [1.807, 2.05) is 0 Å². The number of nitro groups is 1. The molecule has 120 valence electrons. The van der Waals surface area contributed by atoms with Crippen molar-refractivity contribution in [3.8, 4) is 0 Å². The van der Waals surface area contributed by atoms with E-state index >= 15 is 0 Å². The van der Waals surface area contributed by atoms with Gasteiger partial charge in [-0.2, -0.15) is 13.2 Å². The Morgan fingerprint density at radius 3 is 2.32 bits per heavy atom. The van der Waals surface area contributed by atoms with Gasteiger partial charge in [-0.3, -0.25) is 14.9 Å². The first-order valence-electron chi connectivity index (χ1n) is 5.85. The minimum absolute atomic E-state index is 0.203. The summed E-state index contributed by atoms with van der Waals surface area (Å²) >= 11 is 5.65. The molecule has 0 fully saturated rings. The van der Waals surface area contributed by atoms with E-state index in [-0.39, 0.29) is 11.8 Å². The summed E-state index contributed by atoms with van der Waals surface area (Å²) in [7, 11) is 0. The smallest absolute Gasteiger partial charge is 0.338 e. The first kappa shape index (κ1) is 17.9. The number of nitrogens with one attached hydrogen (secondary N) is 1. The summed E-state index contributed by atoms with van der Waals surface area (Å²) < 4.78 is 36.8. The fraction of sp³-hybridized carbons (Fsp3) is 0.333. The molecule has 0 saturated heterocycles. The summed E-state index contributed by atoms with van der Waals surface area (Å²) in [4.78, 5) is 31.8. The summed E-state index contributed by atoms with van der Waals surface area (Å²) in [6, 6.07) is 3.80. The van der Waals surface area contributed by atoms with Gasteiger partial charge >= 0.3 is 12.1 Å². The highest BCUT2D eigenvalue weighted by Crippen LogP contribution is 2.22. The maximum atomic E-state index is 12.3. The van der Waals surface area contributed by atoms with E-state index in [0.29, 0.717) is 5.02 Å². The Morgan fingerprint density at radius 2 is 1.91 bits per heavy atom. The molecule has 0 unspecified atom stereocenters. The molecule has 1 aromatic carbocycles. The lowest BCUT2D eigenvalue weighted by molar-refractivity contribution is -0.483. The van der Waals surface area contributed by atoms with Gasteiger partial charge in [0, 0.05) is 9.95 Å². The van der Waals surface area contributed by atoms with Crippen LogP contribution in [0.15, 0.2) is 24.3 Å². The third kappa shape index (κ3) is 4.99. The van der Waals surface area contributed by atoms with Crippen LogP contribution in [0.1, 0.15) is 11.5 Å². The molecule has 0 heterocycles. The van der Waals surface area contributed by atoms with Crippen LogP contribution in [0.5, 0.6) is 0 Å². The van der Waals surface area contributed by atoms with E-state index in [2.05, 4.69) is 0 Å². The van der Waals surface area contributed by atoms with Crippen LogP contribution >= 0.6 is 11.6 Å². The number of aldehydes is 1. The van der Waals surface area contributed by atoms with E-state index < -0.39 is 35.5 Å². The number of halogens is 4. The second-order valence-electron chi connectivity index (χ2n) is 4.31. The lowest BCUT2D eigenvalue weighted by atomic mass is 9.92. The van der Waals surface area contributed by atoms with Crippen molar-refractivity contribution in [3.05, 3.63) is 45.0 Å². The lowest BCUT2D eigenvalue weighted by Gasteiger charge is -2.22. The number of hydrogen-bond acceptors (Lipinski definition) is 4. The van der Waals surface area contributed by atoms with Crippen LogP contribution in [0.25, 0.3) is 0 Å². The molecule has 1 N–H and O–H groups in total. The molecule has 0 bridgehead atoms. The number of alkyl halides is 3. The SMILES string of the molecule is O=C[C@@H](c1ccc(Cl)cc1)[C@@H](C[N+](=O)[O-])NC(=O)C(F)(F)F. The largest absolute Gasteiger partial charge is 0.471 e. The zero-order valence-electron chi connectivity index (χ0n) is 10.8. The molecule has 22 heavy (non-hydrogen) atoms. The summed E-state index contributed by atoms with van der Waals surface area (Å²) in [6.45, 7) is -1.03. The number of carbonyl (C=O) groups is 2. The Hall–Kier alpha value is -2.16. The van der Waals surface area contributed by atoms with E-state index in [1.165, 1.54) is 29.6 Å². The van der Waals surface area contributed by atoms with Gasteiger partial charge in [0.15, 0.2) is 0 Å². The minimum atomic E-state index is -5.21. The van der Waals surface area contributed by atoms with E-state index in [1.54, 1.807) is 0 Å². The Kier molecular flexibility index (Phi) is 5.86. The van der Waals surface area contributed by atoms with E-state index in [4.69, 9.17) is 11.6 Å². The van der Waals surface area contributed by atoms with Crippen LogP contribution in [0.3, 0.4) is 0 Å². The van der Waals surface area contributed by atoms with Gasteiger partial charge in [0.25, 0.3) is 0 Å². The van der Waals surface area contributed by atoms with Gasteiger partial charge in [-0.25, -0.2) is 0 Å². The zero-order chi connectivity index (χ0) is 16.9. The van der Waals surface area contributed by atoms with Gasteiger partial charge in [-0.1, -0.05) is 23.7 Å². The van der Waals surface area contributed by atoms with Gasteiger partial charge in [0.1, 0.15) is 12.3 Å². The standard InChI is InChI=1S/C12H10ClF3N2O4/c13-8-3-1-7(2-4-8)9(6-19)10(5-18(21)22)17-11(20)12(14,15)16/h1-4,6,9-10H,5H2,(H,17,20)/t9-,10+/m0/s1. The summed E-state index contributed by atoms with van der Waals surface area (Å²) in [5.41, 5.74) is 0.203. The molecule has 0 aliphatic carbocycles. The van der Waals surface area contributed by atoms with Crippen molar-refractivity contribution in [1.29, 1.82) is 0 Å². The molecule has 1 aromatic rings. The molecule has 2 atom stereocenters. The maximum absolute atomic E-state index is 12.3. The highest BCUT2D eigenvalue weighted by molar-refractivity contribution is 6.30. The average Bonchev–Trinajstić information content (AvgIpc) is 2.39. The third-order valence-corrected chi connectivity index (χ3v) is 3.01. The van der Waals surface area contributed by atoms with Crippen molar-refractivity contribution in [1.82, 2.24) is 5.32 Å². The van der Waals surface area contributed by atoms with Crippen LogP contribution in [0.4, 0.5) is 13.2 Å². The van der Waals surface area contributed by atoms with Gasteiger partial charge in [0.2, 0.25) is 6.54 Å². The molecule has 1 rings (SSSR count). The summed E-state index contributed by atoms with van der Waals surface area (Å²) in [6.07, 6.45) is -4.96. The highest BCUT2D eigenvalue weighted by atomic mass is 35.5. The van der Waals surface area contributed by atoms with Crippen molar-refractivity contribution in [2.75, 3.05) is 6.54 Å². The molecule has 0 aliphatic rings. The Morgan fingerprint density at radius 1 is 1.36 bits per heavy atom.